The van der Waals surface area contributed by atoms with Crippen LogP contribution in [0.15, 0.2) is 54.6 Å². The van der Waals surface area contributed by atoms with Crippen molar-refractivity contribution in [1.29, 1.82) is 0 Å². The first-order chi connectivity index (χ1) is 12.2. The quantitative estimate of drug-likeness (QED) is 0.810. The Kier molecular flexibility index (Phi) is 7.91. The summed E-state index contributed by atoms with van der Waals surface area (Å²) in [5, 5.41) is 2.88. The zero-order chi connectivity index (χ0) is 17.5. The van der Waals surface area contributed by atoms with Gasteiger partial charge in [-0.3, -0.25) is 4.79 Å². The molecular weight excluding hydrogens is 352 g/mol. The van der Waals surface area contributed by atoms with Crippen LogP contribution in [0.2, 0.25) is 0 Å². The largest absolute Gasteiger partial charge is 0.489 e. The number of nitrogens with one attached hydrogen (secondary N) is 1. The molecule has 3 N–H and O–H groups in total. The highest BCUT2D eigenvalue weighted by Crippen LogP contribution is 2.20. The summed E-state index contributed by atoms with van der Waals surface area (Å²) < 4.78 is 11.1. The maximum absolute atomic E-state index is 12.3. The smallest absolute Gasteiger partial charge is 0.241 e. The van der Waals surface area contributed by atoms with Crippen LogP contribution in [0.25, 0.3) is 0 Å². The van der Waals surface area contributed by atoms with E-state index in [2.05, 4.69) is 5.32 Å². The third-order valence-corrected chi connectivity index (χ3v) is 4.45. The van der Waals surface area contributed by atoms with Crippen molar-refractivity contribution in [2.24, 2.45) is 11.7 Å². The van der Waals surface area contributed by atoms with Gasteiger partial charge in [-0.2, -0.15) is 0 Å². The third-order valence-electron chi connectivity index (χ3n) is 4.45. The lowest BCUT2D eigenvalue weighted by molar-refractivity contribution is -0.119. The molecule has 140 valence electrons. The molecule has 1 heterocycles. The van der Waals surface area contributed by atoms with Crippen molar-refractivity contribution in [3.63, 3.8) is 0 Å². The van der Waals surface area contributed by atoms with Crippen LogP contribution in [-0.4, -0.2) is 25.2 Å². The van der Waals surface area contributed by atoms with Gasteiger partial charge in [0.1, 0.15) is 12.4 Å². The summed E-state index contributed by atoms with van der Waals surface area (Å²) in [5.74, 6) is 0.794. The molecule has 1 fully saturated rings. The summed E-state index contributed by atoms with van der Waals surface area (Å²) in [5.41, 5.74) is 7.92. The van der Waals surface area contributed by atoms with Crippen molar-refractivity contribution in [2.45, 2.75) is 25.5 Å². The fraction of sp³-hybridized carbons (Fsp3) is 0.350. The molecule has 2 aromatic rings. The number of carbonyl (C=O) groups excluding carboxylic acids is 1. The fourth-order valence-electron chi connectivity index (χ4n) is 2.89. The molecule has 0 spiro atoms. The maximum Gasteiger partial charge on any atom is 0.241 e. The predicted molar refractivity (Wildman–Crippen MR) is 105 cm³/mol. The Morgan fingerprint density at radius 1 is 1.12 bits per heavy atom. The van der Waals surface area contributed by atoms with Gasteiger partial charge in [-0.15, -0.1) is 12.4 Å². The van der Waals surface area contributed by atoms with Crippen LogP contribution in [0, 0.1) is 5.92 Å². The number of nitrogens with two attached hydrogens (primary N) is 1. The van der Waals surface area contributed by atoms with Gasteiger partial charge < -0.3 is 20.5 Å². The second-order valence-electron chi connectivity index (χ2n) is 6.26. The fourth-order valence-corrected chi connectivity index (χ4v) is 2.89. The van der Waals surface area contributed by atoms with E-state index < -0.39 is 6.04 Å². The number of hydrogen-bond acceptors (Lipinski definition) is 4. The highest BCUT2D eigenvalue weighted by Gasteiger charge is 2.26. The van der Waals surface area contributed by atoms with Crippen LogP contribution in [0.4, 0.5) is 5.69 Å². The third kappa shape index (κ3) is 5.73. The van der Waals surface area contributed by atoms with E-state index in [0.29, 0.717) is 19.8 Å². The van der Waals surface area contributed by atoms with Crippen molar-refractivity contribution in [3.05, 3.63) is 60.2 Å². The highest BCUT2D eigenvalue weighted by molar-refractivity contribution is 5.94. The van der Waals surface area contributed by atoms with E-state index >= 15 is 0 Å². The summed E-state index contributed by atoms with van der Waals surface area (Å²) >= 11 is 0. The second-order valence-corrected chi connectivity index (χ2v) is 6.26. The van der Waals surface area contributed by atoms with Gasteiger partial charge in [0, 0.05) is 18.9 Å². The molecule has 1 aliphatic rings. The average molecular weight is 377 g/mol. The van der Waals surface area contributed by atoms with Crippen LogP contribution in [0.5, 0.6) is 5.75 Å². The van der Waals surface area contributed by atoms with Gasteiger partial charge in [0.15, 0.2) is 0 Å². The van der Waals surface area contributed by atoms with Gasteiger partial charge in [-0.25, -0.2) is 0 Å². The van der Waals surface area contributed by atoms with Gasteiger partial charge >= 0.3 is 0 Å². The Hall–Kier alpha value is -2.08. The average Bonchev–Trinajstić information content (AvgIpc) is 2.68. The molecule has 1 amide bonds. The van der Waals surface area contributed by atoms with Crippen molar-refractivity contribution in [2.75, 3.05) is 18.5 Å². The van der Waals surface area contributed by atoms with E-state index in [0.717, 1.165) is 29.8 Å². The Morgan fingerprint density at radius 3 is 2.42 bits per heavy atom. The minimum Gasteiger partial charge on any atom is -0.489 e. The summed E-state index contributed by atoms with van der Waals surface area (Å²) in [4.78, 5) is 12.3. The predicted octanol–water partition coefficient (Wildman–Crippen LogP) is 3.38. The number of benzene rings is 2. The maximum atomic E-state index is 12.3. The second kappa shape index (κ2) is 10.2. The van der Waals surface area contributed by atoms with E-state index in [1.807, 2.05) is 54.6 Å². The lowest BCUT2D eigenvalue weighted by Gasteiger charge is -2.26. The Labute approximate surface area is 160 Å². The summed E-state index contributed by atoms with van der Waals surface area (Å²) in [6.45, 7) is 1.87. The molecule has 6 heteroatoms. The number of amides is 1. The summed E-state index contributed by atoms with van der Waals surface area (Å²) in [7, 11) is 0. The van der Waals surface area contributed by atoms with Gasteiger partial charge in [-0.1, -0.05) is 30.3 Å². The lowest BCUT2D eigenvalue weighted by Crippen LogP contribution is -2.43. The number of hydrogen-bond donors (Lipinski definition) is 2. The zero-order valence-corrected chi connectivity index (χ0v) is 15.4. The van der Waals surface area contributed by atoms with E-state index in [4.69, 9.17) is 15.2 Å². The first-order valence-electron chi connectivity index (χ1n) is 8.63. The molecule has 1 saturated heterocycles. The Bertz CT molecular complexity index is 673. The van der Waals surface area contributed by atoms with Gasteiger partial charge in [0.05, 0.1) is 6.04 Å². The molecule has 0 aliphatic carbocycles. The molecule has 1 atom stereocenters. The van der Waals surface area contributed by atoms with Gasteiger partial charge in [0.2, 0.25) is 5.91 Å². The van der Waals surface area contributed by atoms with Crippen molar-refractivity contribution >= 4 is 24.0 Å². The number of carbonyl (C=O) groups is 1. The Morgan fingerprint density at radius 2 is 1.77 bits per heavy atom. The molecule has 1 unspecified atom stereocenters. The number of anilines is 1. The SMILES string of the molecule is Cl.NC(C(=O)Nc1ccc(OCc2ccccc2)cc1)C1CCOCC1. The Balaban J connectivity index is 0.00000243. The van der Waals surface area contributed by atoms with E-state index in [9.17, 15) is 4.79 Å². The van der Waals surface area contributed by atoms with Crippen LogP contribution >= 0.6 is 12.4 Å². The number of rotatable bonds is 6. The zero-order valence-electron chi connectivity index (χ0n) is 14.6. The number of halogens is 1. The molecule has 26 heavy (non-hydrogen) atoms. The van der Waals surface area contributed by atoms with Gasteiger partial charge in [-0.05, 0) is 48.6 Å². The van der Waals surface area contributed by atoms with Crippen LogP contribution in [0.1, 0.15) is 18.4 Å². The molecule has 2 aromatic carbocycles. The molecule has 5 nitrogen and oxygen atoms in total. The molecule has 0 bridgehead atoms. The molecule has 0 aromatic heterocycles. The lowest BCUT2D eigenvalue weighted by atomic mass is 9.92. The summed E-state index contributed by atoms with van der Waals surface area (Å²) in [6, 6.07) is 16.8. The topological polar surface area (TPSA) is 73.6 Å². The van der Waals surface area contributed by atoms with Crippen LogP contribution in [-0.2, 0) is 16.1 Å². The van der Waals surface area contributed by atoms with Crippen LogP contribution in [0.3, 0.4) is 0 Å². The molecule has 3 rings (SSSR count). The molecule has 1 aliphatic heterocycles. The standard InChI is InChI=1S/C20H24N2O3.ClH/c21-19(16-10-12-24-13-11-16)20(23)22-17-6-8-18(9-7-17)25-14-15-4-2-1-3-5-15;/h1-9,16,19H,10-14,21H2,(H,22,23);1H. The summed E-state index contributed by atoms with van der Waals surface area (Å²) in [6.07, 6.45) is 1.67. The minimum absolute atomic E-state index is 0. The van der Waals surface area contributed by atoms with Gasteiger partial charge in [0.25, 0.3) is 0 Å². The van der Waals surface area contributed by atoms with Crippen molar-refractivity contribution in [3.8, 4) is 5.75 Å². The van der Waals surface area contributed by atoms with Crippen molar-refractivity contribution in [1.82, 2.24) is 0 Å². The van der Waals surface area contributed by atoms with E-state index in [-0.39, 0.29) is 24.2 Å². The monoisotopic (exact) mass is 376 g/mol. The normalized spacial score (nSPS) is 15.6. The van der Waals surface area contributed by atoms with Crippen LogP contribution < -0.4 is 15.8 Å². The van der Waals surface area contributed by atoms with E-state index in [1.165, 1.54) is 0 Å². The molecule has 0 saturated carbocycles. The minimum atomic E-state index is -0.502. The first-order valence-corrected chi connectivity index (χ1v) is 8.63. The number of ether oxygens (including phenoxy) is 2. The first kappa shape index (κ1) is 20.2. The molecule has 0 radical (unpaired) electrons. The van der Waals surface area contributed by atoms with Crippen molar-refractivity contribution < 1.29 is 14.3 Å². The molecular formula is C20H25ClN2O3. The van der Waals surface area contributed by atoms with E-state index in [1.54, 1.807) is 0 Å². The highest BCUT2D eigenvalue weighted by atomic mass is 35.5.